The van der Waals surface area contributed by atoms with E-state index in [1.54, 1.807) is 0 Å². The fraction of sp³-hybridized carbons (Fsp3) is 0.412. The standard InChI is InChI=1S/C34H35ClFN7O2/c1-22(36)34(44)43-17-16-42(19-24(43)11-13-37)32-26-12-15-41(30-10-4-7-23-6-3-9-28(35)31(23)30)20-29(26)39-33(27(32)18-38)45-21-25-8-5-14-40(25)2/h3-4,6-7,9-10,24-25H,1,5,8,11-12,14-17,19-21H2,2H3/t24-,25-/m0/s1. The third-order valence-electron chi connectivity index (χ3n) is 9.28. The number of likely N-dealkylation sites (tertiary alicyclic amines) is 1. The van der Waals surface area contributed by atoms with Crippen molar-refractivity contribution in [1.29, 1.82) is 10.5 Å². The Labute approximate surface area is 267 Å². The van der Waals surface area contributed by atoms with Gasteiger partial charge in [0.25, 0.3) is 5.91 Å². The Morgan fingerprint density at radius 1 is 1.13 bits per heavy atom. The first-order chi connectivity index (χ1) is 21.8. The molecule has 2 saturated heterocycles. The second kappa shape index (κ2) is 12.9. The van der Waals surface area contributed by atoms with Crippen LogP contribution in [0.5, 0.6) is 5.88 Å². The molecule has 3 aliphatic heterocycles. The lowest BCUT2D eigenvalue weighted by molar-refractivity contribution is -0.131. The molecule has 0 N–H and O–H groups in total. The van der Waals surface area contributed by atoms with Gasteiger partial charge in [0.1, 0.15) is 18.2 Å². The zero-order chi connectivity index (χ0) is 31.7. The smallest absolute Gasteiger partial charge is 0.282 e. The van der Waals surface area contributed by atoms with E-state index in [0.29, 0.717) is 43.2 Å². The van der Waals surface area contributed by atoms with Crippen molar-refractivity contribution in [2.45, 2.75) is 44.3 Å². The molecule has 232 valence electrons. The molecule has 0 aliphatic carbocycles. The van der Waals surface area contributed by atoms with Crippen molar-refractivity contribution >= 4 is 39.7 Å². The van der Waals surface area contributed by atoms with Crippen molar-refractivity contribution in [3.05, 3.63) is 70.6 Å². The maximum absolute atomic E-state index is 13.9. The van der Waals surface area contributed by atoms with Crippen molar-refractivity contribution < 1.29 is 13.9 Å². The Kier molecular flexibility index (Phi) is 8.80. The van der Waals surface area contributed by atoms with Crippen LogP contribution in [0, 0.1) is 22.7 Å². The molecule has 0 spiro atoms. The summed E-state index contributed by atoms with van der Waals surface area (Å²) in [6.45, 7) is 6.57. The van der Waals surface area contributed by atoms with Crippen LogP contribution in [0.25, 0.3) is 10.8 Å². The first-order valence-electron chi connectivity index (χ1n) is 15.3. The predicted molar refractivity (Wildman–Crippen MR) is 172 cm³/mol. The number of likely N-dealkylation sites (N-methyl/N-ethyl adjacent to an activating group) is 1. The average molecular weight is 628 g/mol. The van der Waals surface area contributed by atoms with Crippen molar-refractivity contribution in [2.24, 2.45) is 0 Å². The third-order valence-corrected chi connectivity index (χ3v) is 9.60. The van der Waals surface area contributed by atoms with Crippen LogP contribution < -0.4 is 14.5 Å². The normalized spacial score (nSPS) is 20.1. The predicted octanol–water partition coefficient (Wildman–Crippen LogP) is 5.21. The Morgan fingerprint density at radius 2 is 1.93 bits per heavy atom. The molecule has 3 aliphatic rings. The summed E-state index contributed by atoms with van der Waals surface area (Å²) < 4.78 is 20.2. The maximum atomic E-state index is 13.9. The summed E-state index contributed by atoms with van der Waals surface area (Å²) in [7, 11) is 2.08. The average Bonchev–Trinajstić information content (AvgIpc) is 3.46. The molecular formula is C34H35ClFN7O2. The Balaban J connectivity index is 1.40. The van der Waals surface area contributed by atoms with Gasteiger partial charge in [-0.2, -0.15) is 10.5 Å². The molecule has 6 rings (SSSR count). The van der Waals surface area contributed by atoms with Gasteiger partial charge in [0.2, 0.25) is 5.88 Å². The highest BCUT2D eigenvalue weighted by molar-refractivity contribution is 6.36. The van der Waals surface area contributed by atoms with Crippen molar-refractivity contribution in [2.75, 3.05) is 56.2 Å². The molecule has 1 amide bonds. The van der Waals surface area contributed by atoms with Crippen molar-refractivity contribution in [1.82, 2.24) is 14.8 Å². The van der Waals surface area contributed by atoms with Crippen LogP contribution >= 0.6 is 11.6 Å². The van der Waals surface area contributed by atoms with Crippen LogP contribution in [0.3, 0.4) is 0 Å². The van der Waals surface area contributed by atoms with Gasteiger partial charge in [-0.15, -0.1) is 0 Å². The van der Waals surface area contributed by atoms with E-state index in [1.165, 1.54) is 4.90 Å². The van der Waals surface area contributed by atoms with Gasteiger partial charge in [-0.05, 0) is 50.4 Å². The molecule has 2 aromatic carbocycles. The van der Waals surface area contributed by atoms with Gasteiger partial charge in [0.05, 0.1) is 41.5 Å². The molecule has 3 aromatic rings. The van der Waals surface area contributed by atoms with Crippen LogP contribution in [-0.2, 0) is 17.8 Å². The van der Waals surface area contributed by atoms with Crippen molar-refractivity contribution in [3.8, 4) is 18.0 Å². The largest absolute Gasteiger partial charge is 0.475 e. The number of amides is 1. The minimum Gasteiger partial charge on any atom is -0.475 e. The van der Waals surface area contributed by atoms with Crippen LogP contribution in [0.1, 0.15) is 36.1 Å². The fourth-order valence-corrected chi connectivity index (χ4v) is 7.24. The highest BCUT2D eigenvalue weighted by Crippen LogP contribution is 2.40. The van der Waals surface area contributed by atoms with E-state index in [4.69, 9.17) is 21.3 Å². The number of aromatic nitrogens is 1. The zero-order valence-corrected chi connectivity index (χ0v) is 26.1. The number of halogens is 2. The molecule has 0 bridgehead atoms. The molecule has 45 heavy (non-hydrogen) atoms. The van der Waals surface area contributed by atoms with Crippen LogP contribution in [-0.4, -0.2) is 79.2 Å². The summed E-state index contributed by atoms with van der Waals surface area (Å²) in [5.74, 6) is -1.57. The number of hydrogen-bond donors (Lipinski definition) is 0. The second-order valence-corrected chi connectivity index (χ2v) is 12.3. The molecule has 2 fully saturated rings. The van der Waals surface area contributed by atoms with Gasteiger partial charge < -0.3 is 24.3 Å². The van der Waals surface area contributed by atoms with Crippen LogP contribution in [0.2, 0.25) is 5.02 Å². The monoisotopic (exact) mass is 627 g/mol. The lowest BCUT2D eigenvalue weighted by atomic mass is 9.96. The highest BCUT2D eigenvalue weighted by Gasteiger charge is 2.36. The summed E-state index contributed by atoms with van der Waals surface area (Å²) >= 11 is 6.69. The first kappa shape index (κ1) is 30.6. The SMILES string of the molecule is C=C(F)C(=O)N1CCN(c2c(C#N)c(OC[C@@H]3CCCN3C)nc3c2CCN(c2cccc4cccc(Cl)c24)C3)C[C@@H]1CC#N. The van der Waals surface area contributed by atoms with Gasteiger partial charge in [-0.3, -0.25) is 4.79 Å². The topological polar surface area (TPSA) is 99.7 Å². The van der Waals surface area contributed by atoms with E-state index in [9.17, 15) is 19.7 Å². The number of nitriles is 2. The van der Waals surface area contributed by atoms with E-state index in [0.717, 1.165) is 52.8 Å². The number of benzene rings is 2. The molecular weight excluding hydrogens is 593 g/mol. The van der Waals surface area contributed by atoms with Gasteiger partial charge in [0.15, 0.2) is 5.83 Å². The number of carbonyl (C=O) groups is 1. The van der Waals surface area contributed by atoms with Crippen molar-refractivity contribution in [3.63, 3.8) is 0 Å². The Bertz CT molecular complexity index is 1730. The number of fused-ring (bicyclic) bond motifs is 2. The van der Waals surface area contributed by atoms with E-state index in [-0.39, 0.29) is 31.4 Å². The quantitative estimate of drug-likeness (QED) is 0.329. The number of anilines is 2. The molecule has 2 atom stereocenters. The summed E-state index contributed by atoms with van der Waals surface area (Å²) in [5, 5.41) is 22.8. The third kappa shape index (κ3) is 5.88. The van der Waals surface area contributed by atoms with Crippen LogP contribution in [0.4, 0.5) is 15.8 Å². The molecule has 0 saturated carbocycles. The lowest BCUT2D eigenvalue weighted by Crippen LogP contribution is -2.55. The Morgan fingerprint density at radius 3 is 2.64 bits per heavy atom. The van der Waals surface area contributed by atoms with Gasteiger partial charge in [-0.1, -0.05) is 42.4 Å². The molecule has 4 heterocycles. The minimum absolute atomic E-state index is 0.0255. The summed E-state index contributed by atoms with van der Waals surface area (Å²) in [4.78, 5) is 25.5. The van der Waals surface area contributed by atoms with Gasteiger partial charge in [0, 0.05) is 48.9 Å². The van der Waals surface area contributed by atoms with Gasteiger partial charge in [-0.25, -0.2) is 9.37 Å². The Hall–Kier alpha value is -4.38. The minimum atomic E-state index is -1.05. The summed E-state index contributed by atoms with van der Waals surface area (Å²) in [6, 6.07) is 16.2. The number of piperazine rings is 1. The second-order valence-electron chi connectivity index (χ2n) is 11.9. The first-order valence-corrected chi connectivity index (χ1v) is 15.7. The maximum Gasteiger partial charge on any atom is 0.282 e. The molecule has 1 aromatic heterocycles. The molecule has 9 nitrogen and oxygen atoms in total. The number of carbonyl (C=O) groups excluding carboxylic acids is 1. The highest BCUT2D eigenvalue weighted by atomic mass is 35.5. The number of ether oxygens (including phenoxy) is 1. The lowest BCUT2D eigenvalue weighted by Gasteiger charge is -2.43. The number of pyridine rings is 1. The number of hydrogen-bond acceptors (Lipinski definition) is 8. The summed E-state index contributed by atoms with van der Waals surface area (Å²) in [6.07, 6.45) is 2.74. The summed E-state index contributed by atoms with van der Waals surface area (Å²) in [5.41, 5.74) is 3.84. The number of rotatable bonds is 7. The van der Waals surface area contributed by atoms with E-state index in [2.05, 4.69) is 41.6 Å². The zero-order valence-electron chi connectivity index (χ0n) is 25.3. The van der Waals surface area contributed by atoms with E-state index in [1.807, 2.05) is 35.2 Å². The number of nitrogens with zero attached hydrogens (tertiary/aromatic N) is 7. The van der Waals surface area contributed by atoms with E-state index < -0.39 is 17.8 Å². The van der Waals surface area contributed by atoms with Gasteiger partial charge >= 0.3 is 0 Å². The van der Waals surface area contributed by atoms with Crippen LogP contribution in [0.15, 0.2) is 48.8 Å². The van der Waals surface area contributed by atoms with E-state index >= 15 is 0 Å². The molecule has 0 radical (unpaired) electrons. The fourth-order valence-electron chi connectivity index (χ4n) is 6.96. The molecule has 0 unspecified atom stereocenters. The molecule has 11 heteroatoms.